The van der Waals surface area contributed by atoms with Crippen LogP contribution < -0.4 is 5.32 Å². The summed E-state index contributed by atoms with van der Waals surface area (Å²) in [5.41, 5.74) is 2.51. The number of aromatic nitrogens is 1. The van der Waals surface area contributed by atoms with Crippen molar-refractivity contribution in [2.24, 2.45) is 0 Å². The Bertz CT molecular complexity index is 396. The summed E-state index contributed by atoms with van der Waals surface area (Å²) in [5, 5.41) is 7.70. The van der Waals surface area contributed by atoms with Gasteiger partial charge in [0, 0.05) is 36.8 Å². The van der Waals surface area contributed by atoms with Crippen LogP contribution in [0, 0.1) is 13.8 Å². The molecular weight excluding hydrogens is 226 g/mol. The average Bonchev–Trinajstić information content (AvgIpc) is 2.68. The van der Waals surface area contributed by atoms with Crippen molar-refractivity contribution in [3.05, 3.63) is 17.0 Å². The maximum atomic E-state index is 5.29. The van der Waals surface area contributed by atoms with Crippen molar-refractivity contribution in [2.75, 3.05) is 19.6 Å². The van der Waals surface area contributed by atoms with Gasteiger partial charge < -0.3 is 9.84 Å². The maximum Gasteiger partial charge on any atom is 0.138 e. The number of rotatable bonds is 3. The second kappa shape index (κ2) is 5.02. The van der Waals surface area contributed by atoms with Crippen molar-refractivity contribution in [2.45, 2.75) is 52.6 Å². The van der Waals surface area contributed by atoms with Gasteiger partial charge in [-0.25, -0.2) is 0 Å². The predicted octanol–water partition coefficient (Wildman–Crippen LogP) is 2.43. The normalized spacial score (nSPS) is 27.4. The molecule has 1 N–H and O–H groups in total. The molecule has 4 nitrogen and oxygen atoms in total. The second-order valence-corrected chi connectivity index (χ2v) is 5.73. The quantitative estimate of drug-likeness (QED) is 0.896. The SMILES string of the molecule is CCC1(C)CN(C(C)c2c(C)noc2C)CCN1. The molecule has 1 aromatic rings. The van der Waals surface area contributed by atoms with Gasteiger partial charge in [0.2, 0.25) is 0 Å². The smallest absolute Gasteiger partial charge is 0.138 e. The highest BCUT2D eigenvalue weighted by Crippen LogP contribution is 2.29. The Labute approximate surface area is 110 Å². The van der Waals surface area contributed by atoms with E-state index < -0.39 is 0 Å². The van der Waals surface area contributed by atoms with Crippen molar-refractivity contribution in [1.82, 2.24) is 15.4 Å². The minimum Gasteiger partial charge on any atom is -0.361 e. The summed E-state index contributed by atoms with van der Waals surface area (Å²) < 4.78 is 5.29. The summed E-state index contributed by atoms with van der Waals surface area (Å²) in [7, 11) is 0. The molecule has 0 aliphatic carbocycles. The number of piperazine rings is 1. The first-order valence-electron chi connectivity index (χ1n) is 6.88. The molecule has 18 heavy (non-hydrogen) atoms. The number of nitrogens with zero attached hydrogens (tertiary/aromatic N) is 2. The number of aryl methyl sites for hydroxylation is 2. The van der Waals surface area contributed by atoms with Gasteiger partial charge in [0.25, 0.3) is 0 Å². The van der Waals surface area contributed by atoms with E-state index in [0.29, 0.717) is 6.04 Å². The molecular formula is C14H25N3O. The van der Waals surface area contributed by atoms with Crippen molar-refractivity contribution in [3.63, 3.8) is 0 Å². The van der Waals surface area contributed by atoms with E-state index in [1.165, 1.54) is 5.56 Å². The number of hydrogen-bond donors (Lipinski definition) is 1. The van der Waals surface area contributed by atoms with Gasteiger partial charge in [-0.3, -0.25) is 4.90 Å². The van der Waals surface area contributed by atoms with Gasteiger partial charge in [-0.15, -0.1) is 0 Å². The summed E-state index contributed by atoms with van der Waals surface area (Å²) in [4.78, 5) is 2.53. The standard InChI is InChI=1S/C14H25N3O/c1-6-14(5)9-17(8-7-15-14)11(3)13-10(2)16-18-12(13)4/h11,15H,6-9H2,1-5H3. The lowest BCUT2D eigenvalue weighted by molar-refractivity contribution is 0.104. The monoisotopic (exact) mass is 251 g/mol. The van der Waals surface area contributed by atoms with Crippen molar-refractivity contribution in [3.8, 4) is 0 Å². The molecule has 102 valence electrons. The summed E-state index contributed by atoms with van der Waals surface area (Å²) in [6.45, 7) is 14.1. The Hall–Kier alpha value is -0.870. The molecule has 2 unspecified atom stereocenters. The van der Waals surface area contributed by atoms with Crippen LogP contribution in [-0.4, -0.2) is 35.2 Å². The van der Waals surface area contributed by atoms with E-state index in [2.05, 4.69) is 36.1 Å². The highest BCUT2D eigenvalue weighted by atomic mass is 16.5. The zero-order valence-electron chi connectivity index (χ0n) is 12.2. The highest BCUT2D eigenvalue weighted by Gasteiger charge is 2.32. The van der Waals surface area contributed by atoms with E-state index in [1.807, 2.05) is 13.8 Å². The average molecular weight is 251 g/mol. The molecule has 0 radical (unpaired) electrons. The maximum absolute atomic E-state index is 5.29. The molecule has 2 atom stereocenters. The fourth-order valence-corrected chi connectivity index (χ4v) is 2.92. The Morgan fingerprint density at radius 3 is 2.78 bits per heavy atom. The van der Waals surface area contributed by atoms with Gasteiger partial charge in [-0.05, 0) is 34.1 Å². The molecule has 1 saturated heterocycles. The second-order valence-electron chi connectivity index (χ2n) is 5.73. The Balaban J connectivity index is 2.17. The third kappa shape index (κ3) is 2.45. The number of hydrogen-bond acceptors (Lipinski definition) is 4. The summed E-state index contributed by atoms with van der Waals surface area (Å²) >= 11 is 0. The first-order valence-corrected chi connectivity index (χ1v) is 6.88. The Morgan fingerprint density at radius 1 is 1.50 bits per heavy atom. The molecule has 1 aromatic heterocycles. The van der Waals surface area contributed by atoms with Gasteiger partial charge in [-0.1, -0.05) is 12.1 Å². The predicted molar refractivity (Wildman–Crippen MR) is 72.7 cm³/mol. The first-order chi connectivity index (χ1) is 8.47. The summed E-state index contributed by atoms with van der Waals surface area (Å²) in [5.74, 6) is 0.955. The Kier molecular flexibility index (Phi) is 3.78. The molecule has 1 aliphatic heterocycles. The third-order valence-corrected chi connectivity index (χ3v) is 4.34. The van der Waals surface area contributed by atoms with E-state index in [1.54, 1.807) is 0 Å². The van der Waals surface area contributed by atoms with Gasteiger partial charge in [-0.2, -0.15) is 0 Å². The van der Waals surface area contributed by atoms with Crippen LogP contribution in [0.1, 0.15) is 50.3 Å². The molecule has 0 bridgehead atoms. The summed E-state index contributed by atoms with van der Waals surface area (Å²) in [6, 6.07) is 0.379. The van der Waals surface area contributed by atoms with Crippen molar-refractivity contribution < 1.29 is 4.52 Å². The topological polar surface area (TPSA) is 41.3 Å². The lowest BCUT2D eigenvalue weighted by Gasteiger charge is -2.43. The molecule has 2 rings (SSSR count). The van der Waals surface area contributed by atoms with Crippen LogP contribution in [-0.2, 0) is 0 Å². The molecule has 4 heteroatoms. The fourth-order valence-electron chi connectivity index (χ4n) is 2.92. The van der Waals surface area contributed by atoms with Crippen LogP contribution in [0.4, 0.5) is 0 Å². The molecule has 0 aromatic carbocycles. The molecule has 1 fully saturated rings. The molecule has 0 saturated carbocycles. The van der Waals surface area contributed by atoms with E-state index in [0.717, 1.165) is 37.5 Å². The van der Waals surface area contributed by atoms with E-state index >= 15 is 0 Å². The lowest BCUT2D eigenvalue weighted by atomic mass is 9.93. The van der Waals surface area contributed by atoms with Crippen molar-refractivity contribution in [1.29, 1.82) is 0 Å². The zero-order valence-corrected chi connectivity index (χ0v) is 12.2. The van der Waals surface area contributed by atoms with Crippen LogP contribution in [0.3, 0.4) is 0 Å². The van der Waals surface area contributed by atoms with Crippen LogP contribution >= 0.6 is 0 Å². The first kappa shape index (κ1) is 13.6. The van der Waals surface area contributed by atoms with Gasteiger partial charge in [0.05, 0.1) is 5.69 Å². The minimum atomic E-state index is 0.228. The largest absolute Gasteiger partial charge is 0.361 e. The highest BCUT2D eigenvalue weighted by molar-refractivity contribution is 5.24. The van der Waals surface area contributed by atoms with Gasteiger partial charge in [0.15, 0.2) is 0 Å². The Morgan fingerprint density at radius 2 is 2.22 bits per heavy atom. The third-order valence-electron chi connectivity index (χ3n) is 4.34. The molecule has 2 heterocycles. The van der Waals surface area contributed by atoms with E-state index in [-0.39, 0.29) is 5.54 Å². The molecule has 0 spiro atoms. The van der Waals surface area contributed by atoms with Crippen molar-refractivity contribution >= 4 is 0 Å². The minimum absolute atomic E-state index is 0.228. The fraction of sp³-hybridized carbons (Fsp3) is 0.786. The van der Waals surface area contributed by atoms with Gasteiger partial charge >= 0.3 is 0 Å². The zero-order chi connectivity index (χ0) is 13.3. The van der Waals surface area contributed by atoms with E-state index in [4.69, 9.17) is 4.52 Å². The van der Waals surface area contributed by atoms with Crippen LogP contribution in [0.2, 0.25) is 0 Å². The molecule has 1 aliphatic rings. The van der Waals surface area contributed by atoms with E-state index in [9.17, 15) is 0 Å². The summed E-state index contributed by atoms with van der Waals surface area (Å²) in [6.07, 6.45) is 1.15. The van der Waals surface area contributed by atoms with Gasteiger partial charge in [0.1, 0.15) is 5.76 Å². The number of nitrogens with one attached hydrogen (secondary N) is 1. The van der Waals surface area contributed by atoms with Crippen LogP contribution in [0.25, 0.3) is 0 Å². The molecule has 0 amide bonds. The van der Waals surface area contributed by atoms with Crippen LogP contribution in [0.5, 0.6) is 0 Å². The lowest BCUT2D eigenvalue weighted by Crippen LogP contribution is -2.58. The van der Waals surface area contributed by atoms with Crippen LogP contribution in [0.15, 0.2) is 4.52 Å².